The van der Waals surface area contributed by atoms with Crippen LogP contribution >= 0.6 is 22.6 Å². The van der Waals surface area contributed by atoms with Crippen LogP contribution in [0.2, 0.25) is 0 Å². The first-order valence-electron chi connectivity index (χ1n) is 25.8. The second-order valence-corrected chi connectivity index (χ2v) is 22.7. The molecule has 4 aliphatic rings. The molecular weight excluding hydrogens is 1070 g/mol. The first-order chi connectivity index (χ1) is 34.6. The van der Waals surface area contributed by atoms with Crippen LogP contribution < -0.4 is 5.32 Å². The summed E-state index contributed by atoms with van der Waals surface area (Å²) >= 11 is 2.13. The predicted octanol–water partition coefficient (Wildman–Crippen LogP) is 6.64. The third-order valence-electron chi connectivity index (χ3n) is 15.4. The van der Waals surface area contributed by atoms with Crippen LogP contribution in [0.15, 0.2) is 36.9 Å². The fourth-order valence-electron chi connectivity index (χ4n) is 11.8. The minimum atomic E-state index is -1.56. The number of Topliss-reactive ketones (excluding diaryl/α,β-unsaturated/α-hetero) is 1. The largest absolute Gasteiger partial charge is 0.458 e. The van der Waals surface area contributed by atoms with Gasteiger partial charge in [0, 0.05) is 67.4 Å². The van der Waals surface area contributed by atoms with Crippen LogP contribution in [-0.2, 0) is 66.5 Å². The van der Waals surface area contributed by atoms with E-state index in [9.17, 15) is 19.2 Å². The smallest absolute Gasteiger partial charge is 0.410 e. The summed E-state index contributed by atoms with van der Waals surface area (Å²) in [6, 6.07) is 5.77. The van der Waals surface area contributed by atoms with Crippen molar-refractivity contribution in [3.63, 3.8) is 0 Å². The summed E-state index contributed by atoms with van der Waals surface area (Å²) in [5.41, 5.74) is -3.64. The summed E-state index contributed by atoms with van der Waals surface area (Å²) in [5.74, 6) is -6.01. The zero-order valence-corrected chi connectivity index (χ0v) is 48.2. The molecule has 5 rings (SSSR count). The third-order valence-corrected chi connectivity index (χ3v) is 16.1. The van der Waals surface area contributed by atoms with Gasteiger partial charge in [0.1, 0.15) is 17.5 Å². The fourth-order valence-corrected chi connectivity index (χ4v) is 12.3. The van der Waals surface area contributed by atoms with Crippen molar-refractivity contribution >= 4 is 58.3 Å². The molecule has 20 heteroatoms. The van der Waals surface area contributed by atoms with E-state index in [2.05, 4.69) is 34.5 Å². The lowest BCUT2D eigenvalue weighted by molar-refractivity contribution is -0.321. The van der Waals surface area contributed by atoms with Crippen LogP contribution in [0.4, 0.5) is 4.79 Å². The van der Waals surface area contributed by atoms with Gasteiger partial charge in [-0.1, -0.05) is 39.8 Å². The van der Waals surface area contributed by atoms with Crippen molar-refractivity contribution in [2.45, 2.75) is 193 Å². The zero-order valence-electron chi connectivity index (χ0n) is 46.0. The van der Waals surface area contributed by atoms with Crippen molar-refractivity contribution in [2.75, 3.05) is 40.9 Å². The molecule has 1 N–H and O–H groups in total. The number of hydrogen-bond acceptors (Lipinski definition) is 17. The second-order valence-electron chi connectivity index (χ2n) is 21.5. The average molecular weight is 1160 g/mol. The molecule has 4 heterocycles. The van der Waals surface area contributed by atoms with E-state index < -0.39 is 120 Å². The van der Waals surface area contributed by atoms with Crippen LogP contribution in [0, 0.1) is 27.2 Å². The molecule has 0 saturated carbocycles. The number of ether oxygens (including phenoxy) is 10. The number of benzene rings is 1. The number of carbonyl (C=O) groups is 6. The number of amides is 2. The summed E-state index contributed by atoms with van der Waals surface area (Å²) in [7, 11) is 5.27. The molecule has 1 aromatic rings. The number of carbonyl (C=O) groups excluding carboxylic acids is 6. The Morgan fingerprint density at radius 3 is 2.19 bits per heavy atom. The predicted molar refractivity (Wildman–Crippen MR) is 280 cm³/mol. The maximum Gasteiger partial charge on any atom is 0.410 e. The van der Waals surface area contributed by atoms with Crippen LogP contribution in [0.5, 0.6) is 0 Å². The lowest BCUT2D eigenvalue weighted by atomic mass is 9.73. The van der Waals surface area contributed by atoms with Crippen molar-refractivity contribution < 1.29 is 76.1 Å². The van der Waals surface area contributed by atoms with Crippen molar-refractivity contribution in [3.8, 4) is 0 Å². The van der Waals surface area contributed by atoms with E-state index in [1.165, 1.54) is 25.9 Å². The molecule has 0 aliphatic carbocycles. The number of hydrogen-bond donors (Lipinski definition) is 1. The molecule has 18 atom stereocenters. The second kappa shape index (κ2) is 25.6. The molecule has 2 amide bonds. The van der Waals surface area contributed by atoms with Gasteiger partial charge >= 0.3 is 24.0 Å². The van der Waals surface area contributed by atoms with Crippen molar-refractivity contribution in [1.29, 1.82) is 0 Å². The quantitative estimate of drug-likeness (QED) is 0.0795. The third kappa shape index (κ3) is 13.8. The van der Waals surface area contributed by atoms with Gasteiger partial charge in [-0.3, -0.25) is 28.9 Å². The minimum Gasteiger partial charge on any atom is -0.458 e. The number of likely N-dealkylation sites (N-methyl/N-ethyl adjacent to an activating group) is 1. The Balaban J connectivity index is 1.67. The average Bonchev–Trinajstić information content (AvgIpc) is 3.59. The standard InChI is InChI=1S/C54H82IN3O16/c1-17-24-66-53(12)27-29(3)42(61)31(5)45-54(13,74-51(64)58(45)23-22-56-48(62)37-20-19-21-38(55)26-37)40(18-2)71-49(63)33(7)43(72-41-28-52(11,65-16)47(34(8)68-41)70-36(10)60)32(6)46(53)73-50-44(69-35(9)59)39(57(14)15)25-30(4)67-50/h17,19-21,26,29-34,39-41,43-47,50H,1,18,22-25,27-28H2,2-16H3,(H,56,62)/t29-,30-,31+,32+,33-,34+,39+,40-,41+,43+,44-,45-,46-,47+,50+,52-,53-,54-/m1/s1. The van der Waals surface area contributed by atoms with Gasteiger partial charge in [-0.05, 0) is 116 Å². The van der Waals surface area contributed by atoms with E-state index >= 15 is 9.59 Å². The Morgan fingerprint density at radius 1 is 0.919 bits per heavy atom. The summed E-state index contributed by atoms with van der Waals surface area (Å²) in [5, 5.41) is 2.90. The van der Waals surface area contributed by atoms with Crippen LogP contribution in [0.25, 0.3) is 0 Å². The normalized spacial score (nSPS) is 38.3. The molecule has 0 aromatic heterocycles. The van der Waals surface area contributed by atoms with Gasteiger partial charge in [-0.15, -0.1) is 6.58 Å². The van der Waals surface area contributed by atoms with Crippen molar-refractivity contribution in [2.24, 2.45) is 23.7 Å². The van der Waals surface area contributed by atoms with Gasteiger partial charge in [0.05, 0.1) is 54.6 Å². The first kappa shape index (κ1) is 61.1. The van der Waals surface area contributed by atoms with Crippen molar-refractivity contribution in [3.05, 3.63) is 46.1 Å². The number of methoxy groups -OCH3 is 1. The summed E-state index contributed by atoms with van der Waals surface area (Å²) < 4.78 is 65.6. The molecular formula is C54H82IN3O16. The van der Waals surface area contributed by atoms with Gasteiger partial charge in [-0.2, -0.15) is 0 Å². The molecule has 0 unspecified atom stereocenters. The summed E-state index contributed by atoms with van der Waals surface area (Å²) in [6.07, 6.45) is -6.75. The first-order valence-corrected chi connectivity index (χ1v) is 26.9. The molecule has 74 heavy (non-hydrogen) atoms. The van der Waals surface area contributed by atoms with Gasteiger partial charge in [-0.25, -0.2) is 4.79 Å². The van der Waals surface area contributed by atoms with Gasteiger partial charge in [0.15, 0.2) is 30.4 Å². The van der Waals surface area contributed by atoms with Crippen LogP contribution in [-0.4, -0.2) is 171 Å². The Labute approximate surface area is 451 Å². The topological polar surface area (TPSA) is 213 Å². The monoisotopic (exact) mass is 1160 g/mol. The number of rotatable bonds is 16. The van der Waals surface area contributed by atoms with Gasteiger partial charge < -0.3 is 57.6 Å². The molecule has 0 radical (unpaired) electrons. The van der Waals surface area contributed by atoms with Gasteiger partial charge in [0.2, 0.25) is 0 Å². The number of fused-ring (bicyclic) bond motifs is 1. The highest BCUT2D eigenvalue weighted by Gasteiger charge is 2.61. The maximum absolute atomic E-state index is 15.3. The maximum atomic E-state index is 15.3. The van der Waals surface area contributed by atoms with E-state index in [0.29, 0.717) is 12.0 Å². The molecule has 416 valence electrons. The van der Waals surface area contributed by atoms with Crippen LogP contribution in [0.1, 0.15) is 119 Å². The van der Waals surface area contributed by atoms with E-state index in [0.717, 1.165) is 3.57 Å². The van der Waals surface area contributed by atoms with E-state index in [4.69, 9.17) is 47.4 Å². The number of nitrogens with one attached hydrogen (secondary N) is 1. The number of ketones is 1. The minimum absolute atomic E-state index is 0.00805. The summed E-state index contributed by atoms with van der Waals surface area (Å²) in [6.45, 7) is 24.4. The SMILES string of the molecule is C=CCO[C@]1(C)C[C@@H](C)C(=O)[C@H](C)[C@H]2N(CCNC(=O)c3cccc(I)c3)C(=O)O[C@]2(C)[C@@H](CC)OC(=O)[C@H](C)[C@@H](O[C@H]2C[C@@](C)(OC)[C@@H](OC(C)=O)[C@H](C)O2)[C@H](C)[C@H]1O[C@@H]1O[C@H](C)C[C@H](N(C)C)[C@H]1OC(C)=O. The van der Waals surface area contributed by atoms with Crippen molar-refractivity contribution in [1.82, 2.24) is 15.1 Å². The lowest BCUT2D eigenvalue weighted by Crippen LogP contribution is -2.62. The molecule has 1 aromatic carbocycles. The molecule has 4 saturated heterocycles. The van der Waals surface area contributed by atoms with E-state index in [-0.39, 0.29) is 62.8 Å². The molecule has 0 spiro atoms. The fraction of sp³-hybridized carbons (Fsp3) is 0.741. The Hall–Kier alpha value is -3.77. The lowest BCUT2D eigenvalue weighted by Gasteiger charge is -2.50. The molecule has 0 bridgehead atoms. The highest BCUT2D eigenvalue weighted by Crippen LogP contribution is 2.45. The molecule has 4 aliphatic heterocycles. The Kier molecular flexibility index (Phi) is 21.1. The van der Waals surface area contributed by atoms with E-state index in [1.807, 2.05) is 45.8 Å². The molecule has 4 fully saturated rings. The van der Waals surface area contributed by atoms with Gasteiger partial charge in [0.25, 0.3) is 5.91 Å². The highest BCUT2D eigenvalue weighted by atomic mass is 127. The Morgan fingerprint density at radius 2 is 1.59 bits per heavy atom. The van der Waals surface area contributed by atoms with Crippen LogP contribution in [0.3, 0.4) is 0 Å². The summed E-state index contributed by atoms with van der Waals surface area (Å²) in [4.78, 5) is 86.6. The van der Waals surface area contributed by atoms with E-state index in [1.54, 1.807) is 72.7 Å². The molecule has 19 nitrogen and oxygen atoms in total. The number of halogens is 1. The highest BCUT2D eigenvalue weighted by molar-refractivity contribution is 14.1. The number of cyclic esters (lactones) is 1. The number of nitrogens with zero attached hydrogens (tertiary/aromatic N) is 2. The Bertz CT molecular complexity index is 2170. The number of esters is 3. The zero-order chi connectivity index (χ0) is 55.2.